The summed E-state index contributed by atoms with van der Waals surface area (Å²) in [5.41, 5.74) is 2.18. The summed E-state index contributed by atoms with van der Waals surface area (Å²) < 4.78 is 11.4. The number of nitrogens with one attached hydrogen (secondary N) is 2. The predicted molar refractivity (Wildman–Crippen MR) is 115 cm³/mol. The van der Waals surface area contributed by atoms with Crippen molar-refractivity contribution in [3.63, 3.8) is 0 Å². The largest absolute Gasteiger partial charge is 0.492 e. The van der Waals surface area contributed by atoms with Crippen LogP contribution in [0.3, 0.4) is 0 Å². The van der Waals surface area contributed by atoms with Gasteiger partial charge >= 0.3 is 0 Å². The number of carbonyl (C=O) groups excluding carboxylic acids is 1. The van der Waals surface area contributed by atoms with E-state index in [-0.39, 0.29) is 24.7 Å². The fourth-order valence-electron chi connectivity index (χ4n) is 3.60. The first-order valence-electron chi connectivity index (χ1n) is 10.2. The highest BCUT2D eigenvalue weighted by Crippen LogP contribution is 2.20. The van der Waals surface area contributed by atoms with Crippen LogP contribution >= 0.6 is 0 Å². The number of morpholine rings is 1. The number of benzene rings is 2. The molecule has 3 rings (SSSR count). The first-order chi connectivity index (χ1) is 14.1. The molecule has 29 heavy (non-hydrogen) atoms. The Kier molecular flexibility index (Phi) is 7.90. The topological polar surface area (TPSA) is 62.8 Å². The van der Waals surface area contributed by atoms with Crippen molar-refractivity contribution in [2.24, 2.45) is 0 Å². The van der Waals surface area contributed by atoms with E-state index >= 15 is 0 Å². The third-order valence-electron chi connectivity index (χ3n) is 4.78. The maximum atomic E-state index is 12.2. The van der Waals surface area contributed by atoms with Gasteiger partial charge in [-0.15, -0.1) is 0 Å². The Balaban J connectivity index is 1.42. The summed E-state index contributed by atoms with van der Waals surface area (Å²) >= 11 is 0. The molecule has 0 bridgehead atoms. The van der Waals surface area contributed by atoms with Crippen LogP contribution in [0.15, 0.2) is 54.6 Å². The Morgan fingerprint density at radius 3 is 2.52 bits per heavy atom. The Morgan fingerprint density at radius 1 is 1.07 bits per heavy atom. The fourth-order valence-corrected chi connectivity index (χ4v) is 3.60. The fraction of sp³-hybridized carbons (Fsp3) is 0.435. The van der Waals surface area contributed by atoms with Crippen molar-refractivity contribution in [2.45, 2.75) is 32.6 Å². The third kappa shape index (κ3) is 7.07. The molecule has 0 spiro atoms. The van der Waals surface area contributed by atoms with E-state index in [0.717, 1.165) is 31.1 Å². The summed E-state index contributed by atoms with van der Waals surface area (Å²) in [6.45, 7) is 8.05. The van der Waals surface area contributed by atoms with Crippen LogP contribution in [-0.2, 0) is 16.1 Å². The van der Waals surface area contributed by atoms with Crippen molar-refractivity contribution in [3.05, 3.63) is 60.2 Å². The lowest BCUT2D eigenvalue weighted by atomic mass is 10.1. The molecule has 0 aromatic heterocycles. The molecule has 1 amide bonds. The Hall–Kier alpha value is -2.57. The number of hydrogen-bond acceptors (Lipinski definition) is 5. The highest BCUT2D eigenvalue weighted by atomic mass is 16.5. The summed E-state index contributed by atoms with van der Waals surface area (Å²) in [6, 6.07) is 17.7. The molecular weight excluding hydrogens is 366 g/mol. The van der Waals surface area contributed by atoms with E-state index in [1.54, 1.807) is 0 Å². The second-order valence-electron chi connectivity index (χ2n) is 7.47. The van der Waals surface area contributed by atoms with Crippen LogP contribution in [0.2, 0.25) is 0 Å². The van der Waals surface area contributed by atoms with Crippen LogP contribution < -0.4 is 15.4 Å². The van der Waals surface area contributed by atoms with E-state index < -0.39 is 0 Å². The maximum Gasteiger partial charge on any atom is 0.239 e. The number of rotatable bonds is 9. The summed E-state index contributed by atoms with van der Waals surface area (Å²) in [5.74, 6) is 0.755. The van der Waals surface area contributed by atoms with Crippen LogP contribution in [0.1, 0.15) is 19.4 Å². The second-order valence-corrected chi connectivity index (χ2v) is 7.47. The minimum Gasteiger partial charge on any atom is -0.492 e. The highest BCUT2D eigenvalue weighted by molar-refractivity contribution is 5.80. The van der Waals surface area contributed by atoms with Gasteiger partial charge in [-0.1, -0.05) is 36.4 Å². The van der Waals surface area contributed by atoms with E-state index in [9.17, 15) is 4.79 Å². The van der Waals surface area contributed by atoms with Crippen molar-refractivity contribution in [3.8, 4) is 5.75 Å². The van der Waals surface area contributed by atoms with Gasteiger partial charge in [0.2, 0.25) is 5.91 Å². The van der Waals surface area contributed by atoms with E-state index in [2.05, 4.69) is 35.4 Å². The zero-order valence-electron chi connectivity index (χ0n) is 17.3. The standard InChI is InChI=1S/C23H31N3O3/c1-18-15-26(16-19(2)29-18)17-20-8-6-7-11-22(20)25-14-23(27)24-12-13-28-21-9-4-3-5-10-21/h3-11,18-19,25H,12-17H2,1-2H3,(H,24,27). The SMILES string of the molecule is CC1CN(Cc2ccccc2NCC(=O)NCCOc2ccccc2)CC(C)O1. The number of ether oxygens (including phenoxy) is 2. The average Bonchev–Trinajstić information content (AvgIpc) is 2.70. The third-order valence-corrected chi connectivity index (χ3v) is 4.78. The van der Waals surface area contributed by atoms with Gasteiger partial charge in [-0.3, -0.25) is 9.69 Å². The molecule has 1 aliphatic rings. The number of anilines is 1. The molecular formula is C23H31N3O3. The molecule has 0 aliphatic carbocycles. The van der Waals surface area contributed by atoms with Gasteiger partial charge in [-0.25, -0.2) is 0 Å². The zero-order valence-corrected chi connectivity index (χ0v) is 17.3. The molecule has 2 aromatic rings. The molecule has 1 fully saturated rings. The van der Waals surface area contributed by atoms with Crippen LogP contribution in [-0.4, -0.2) is 55.8 Å². The van der Waals surface area contributed by atoms with Gasteiger partial charge in [-0.2, -0.15) is 0 Å². The minimum atomic E-state index is -0.0509. The highest BCUT2D eigenvalue weighted by Gasteiger charge is 2.22. The quantitative estimate of drug-likeness (QED) is 0.637. The van der Waals surface area contributed by atoms with Crippen LogP contribution in [0, 0.1) is 0 Å². The van der Waals surface area contributed by atoms with E-state index in [0.29, 0.717) is 13.2 Å². The monoisotopic (exact) mass is 397 g/mol. The molecule has 1 heterocycles. The molecule has 2 N–H and O–H groups in total. The predicted octanol–water partition coefficient (Wildman–Crippen LogP) is 2.90. The summed E-state index contributed by atoms with van der Waals surface area (Å²) in [5, 5.41) is 6.16. The van der Waals surface area contributed by atoms with Gasteiger partial charge in [0.15, 0.2) is 0 Å². The lowest BCUT2D eigenvalue weighted by Gasteiger charge is -2.35. The van der Waals surface area contributed by atoms with E-state index in [1.807, 2.05) is 48.5 Å². The molecule has 2 unspecified atom stereocenters. The molecule has 2 atom stereocenters. The lowest BCUT2D eigenvalue weighted by molar-refractivity contribution is -0.119. The first-order valence-corrected chi connectivity index (χ1v) is 10.2. The number of para-hydroxylation sites is 2. The molecule has 156 valence electrons. The van der Waals surface area contributed by atoms with Crippen molar-refractivity contribution in [1.29, 1.82) is 0 Å². The molecule has 1 aliphatic heterocycles. The van der Waals surface area contributed by atoms with Gasteiger partial charge in [-0.05, 0) is 37.6 Å². The smallest absolute Gasteiger partial charge is 0.239 e. The molecule has 0 saturated carbocycles. The van der Waals surface area contributed by atoms with E-state index in [4.69, 9.17) is 9.47 Å². The van der Waals surface area contributed by atoms with Gasteiger partial charge in [0, 0.05) is 25.3 Å². The van der Waals surface area contributed by atoms with Crippen molar-refractivity contribution >= 4 is 11.6 Å². The summed E-state index contributed by atoms with van der Waals surface area (Å²) in [7, 11) is 0. The van der Waals surface area contributed by atoms with Crippen LogP contribution in [0.5, 0.6) is 5.75 Å². The van der Waals surface area contributed by atoms with Gasteiger partial charge in [0.05, 0.1) is 25.3 Å². The molecule has 6 nitrogen and oxygen atoms in total. The van der Waals surface area contributed by atoms with Crippen LogP contribution in [0.25, 0.3) is 0 Å². The summed E-state index contributed by atoms with van der Waals surface area (Å²) in [4.78, 5) is 14.6. The molecule has 1 saturated heterocycles. The van der Waals surface area contributed by atoms with Crippen LogP contribution in [0.4, 0.5) is 5.69 Å². The minimum absolute atomic E-state index is 0.0509. The van der Waals surface area contributed by atoms with Crippen molar-refractivity contribution in [2.75, 3.05) is 38.1 Å². The second kappa shape index (κ2) is 10.8. The number of nitrogens with zero attached hydrogens (tertiary/aromatic N) is 1. The van der Waals surface area contributed by atoms with Crippen molar-refractivity contribution in [1.82, 2.24) is 10.2 Å². The van der Waals surface area contributed by atoms with E-state index in [1.165, 1.54) is 5.56 Å². The zero-order chi connectivity index (χ0) is 20.5. The Bertz CT molecular complexity index is 759. The van der Waals surface area contributed by atoms with Crippen molar-refractivity contribution < 1.29 is 14.3 Å². The van der Waals surface area contributed by atoms with Gasteiger partial charge in [0.1, 0.15) is 12.4 Å². The number of carbonyl (C=O) groups is 1. The molecule has 6 heteroatoms. The molecule has 0 radical (unpaired) electrons. The maximum absolute atomic E-state index is 12.2. The average molecular weight is 398 g/mol. The summed E-state index contributed by atoms with van der Waals surface area (Å²) in [6.07, 6.45) is 0.477. The van der Waals surface area contributed by atoms with Gasteiger partial charge in [0.25, 0.3) is 0 Å². The normalized spacial score (nSPS) is 19.5. The Labute approximate surface area is 173 Å². The molecule has 2 aromatic carbocycles. The lowest BCUT2D eigenvalue weighted by Crippen LogP contribution is -2.44. The Morgan fingerprint density at radius 2 is 1.76 bits per heavy atom. The van der Waals surface area contributed by atoms with Gasteiger partial charge < -0.3 is 20.1 Å². The number of hydrogen-bond donors (Lipinski definition) is 2. The number of amides is 1. The first kappa shape index (κ1) is 21.1.